The van der Waals surface area contributed by atoms with Crippen LogP contribution in [0.2, 0.25) is 5.02 Å². The Morgan fingerprint density at radius 1 is 0.784 bits per heavy atom. The Labute approximate surface area is 232 Å². The van der Waals surface area contributed by atoms with Gasteiger partial charge in [-0.3, -0.25) is 4.79 Å². The standard InChI is InChI=1S/C33H38ClNOS/c1-2-3-4-5-6-7-8-9-10-13-24-35-29-14-11-12-15-32(29)37-33-23-19-27(25-30(33)35)31(36)22-18-26-16-20-28(34)21-17-26/h11-12,14-23,25H,2-10,13,24H2,1H3/b22-18+. The number of fused-ring (bicyclic) bond motifs is 2. The van der Waals surface area contributed by atoms with Gasteiger partial charge in [-0.25, -0.2) is 0 Å². The summed E-state index contributed by atoms with van der Waals surface area (Å²) in [6.45, 7) is 3.25. The molecule has 0 aromatic heterocycles. The first-order valence-corrected chi connectivity index (χ1v) is 15.0. The predicted molar refractivity (Wildman–Crippen MR) is 161 cm³/mol. The lowest BCUT2D eigenvalue weighted by Gasteiger charge is -2.33. The molecule has 0 fully saturated rings. The highest BCUT2D eigenvalue weighted by Gasteiger charge is 2.23. The number of allylic oxidation sites excluding steroid dienone is 1. The fourth-order valence-corrected chi connectivity index (χ4v) is 6.02. The summed E-state index contributed by atoms with van der Waals surface area (Å²) in [7, 11) is 0. The van der Waals surface area contributed by atoms with Gasteiger partial charge in [0.2, 0.25) is 0 Å². The number of hydrogen-bond donors (Lipinski definition) is 0. The van der Waals surface area contributed by atoms with Crippen LogP contribution < -0.4 is 4.90 Å². The maximum absolute atomic E-state index is 13.0. The molecule has 0 atom stereocenters. The third kappa shape index (κ3) is 7.99. The third-order valence-electron chi connectivity index (χ3n) is 6.94. The van der Waals surface area contributed by atoms with Gasteiger partial charge >= 0.3 is 0 Å². The van der Waals surface area contributed by atoms with Crippen LogP contribution in [0, 0.1) is 0 Å². The van der Waals surface area contributed by atoms with Gasteiger partial charge in [0.15, 0.2) is 5.78 Å². The molecule has 0 spiro atoms. The van der Waals surface area contributed by atoms with Crippen molar-refractivity contribution < 1.29 is 4.79 Å². The topological polar surface area (TPSA) is 20.3 Å². The van der Waals surface area contributed by atoms with Crippen LogP contribution in [-0.4, -0.2) is 12.3 Å². The number of rotatable bonds is 14. The molecule has 0 radical (unpaired) electrons. The van der Waals surface area contributed by atoms with Crippen molar-refractivity contribution in [1.82, 2.24) is 0 Å². The van der Waals surface area contributed by atoms with Crippen LogP contribution in [-0.2, 0) is 0 Å². The van der Waals surface area contributed by atoms with Crippen molar-refractivity contribution in [2.24, 2.45) is 0 Å². The lowest BCUT2D eigenvalue weighted by atomic mass is 10.1. The summed E-state index contributed by atoms with van der Waals surface area (Å²) in [6.07, 6.45) is 16.8. The SMILES string of the molecule is CCCCCCCCCCCCN1c2ccccc2Sc2ccc(C(=O)/C=C/c3ccc(Cl)cc3)cc21. The Kier molecular flexibility index (Phi) is 10.8. The van der Waals surface area contributed by atoms with E-state index in [9.17, 15) is 4.79 Å². The molecule has 194 valence electrons. The average Bonchev–Trinajstić information content (AvgIpc) is 2.92. The second-order valence-electron chi connectivity index (χ2n) is 9.84. The zero-order chi connectivity index (χ0) is 25.9. The van der Waals surface area contributed by atoms with Crippen LogP contribution in [0.4, 0.5) is 11.4 Å². The predicted octanol–water partition coefficient (Wildman–Crippen LogP) is 10.8. The summed E-state index contributed by atoms with van der Waals surface area (Å²) in [5.74, 6) is 0.0143. The zero-order valence-corrected chi connectivity index (χ0v) is 23.5. The Bertz CT molecular complexity index is 1190. The first-order chi connectivity index (χ1) is 18.2. The number of carbonyl (C=O) groups excluding carboxylic acids is 1. The van der Waals surface area contributed by atoms with E-state index < -0.39 is 0 Å². The molecule has 0 unspecified atom stereocenters. The van der Waals surface area contributed by atoms with E-state index in [1.54, 1.807) is 17.8 Å². The normalized spacial score (nSPS) is 12.5. The number of unbranched alkanes of at least 4 members (excludes halogenated alkanes) is 9. The van der Waals surface area contributed by atoms with E-state index in [0.29, 0.717) is 5.02 Å². The van der Waals surface area contributed by atoms with Crippen LogP contribution >= 0.6 is 23.4 Å². The Balaban J connectivity index is 1.39. The van der Waals surface area contributed by atoms with Crippen LogP contribution in [0.3, 0.4) is 0 Å². The number of nitrogens with zero attached hydrogens (tertiary/aromatic N) is 1. The molecule has 0 saturated heterocycles. The number of para-hydroxylation sites is 1. The first-order valence-electron chi connectivity index (χ1n) is 13.8. The summed E-state index contributed by atoms with van der Waals surface area (Å²) < 4.78 is 0. The molecule has 0 saturated carbocycles. The summed E-state index contributed by atoms with van der Waals surface area (Å²) in [5.41, 5.74) is 4.07. The maximum Gasteiger partial charge on any atom is 0.185 e. The van der Waals surface area contributed by atoms with E-state index >= 15 is 0 Å². The van der Waals surface area contributed by atoms with Crippen LogP contribution in [0.25, 0.3) is 6.08 Å². The Morgan fingerprint density at radius 3 is 2.16 bits per heavy atom. The largest absolute Gasteiger partial charge is 0.340 e. The summed E-state index contributed by atoms with van der Waals surface area (Å²) in [6, 6.07) is 22.3. The minimum absolute atomic E-state index is 0.0143. The second kappa shape index (κ2) is 14.4. The molecule has 1 aliphatic rings. The number of anilines is 2. The van der Waals surface area contributed by atoms with E-state index in [2.05, 4.69) is 48.2 Å². The number of halogens is 1. The number of ketones is 1. The zero-order valence-electron chi connectivity index (χ0n) is 21.9. The van der Waals surface area contributed by atoms with Crippen molar-refractivity contribution in [3.05, 3.63) is 89.0 Å². The molecule has 1 aliphatic heterocycles. The van der Waals surface area contributed by atoms with Gasteiger partial charge < -0.3 is 4.90 Å². The van der Waals surface area contributed by atoms with E-state index in [1.807, 2.05) is 36.4 Å². The quantitative estimate of drug-likeness (QED) is 0.117. The number of hydrogen-bond acceptors (Lipinski definition) is 3. The molecule has 4 rings (SSSR count). The number of benzene rings is 3. The smallest absolute Gasteiger partial charge is 0.185 e. The molecule has 37 heavy (non-hydrogen) atoms. The van der Waals surface area contributed by atoms with Crippen molar-refractivity contribution in [3.63, 3.8) is 0 Å². The molecule has 3 aromatic rings. The lowest BCUT2D eigenvalue weighted by molar-refractivity contribution is 0.104. The van der Waals surface area contributed by atoms with Crippen LogP contribution in [0.1, 0.15) is 87.1 Å². The summed E-state index contributed by atoms with van der Waals surface area (Å²) >= 11 is 7.77. The van der Waals surface area contributed by atoms with Gasteiger partial charge in [0.1, 0.15) is 0 Å². The fraction of sp³-hybridized carbons (Fsp3) is 0.364. The summed E-state index contributed by atoms with van der Waals surface area (Å²) in [4.78, 5) is 17.9. The minimum atomic E-state index is 0.0143. The Hall–Kier alpha value is -2.49. The van der Waals surface area contributed by atoms with Gasteiger partial charge in [0.05, 0.1) is 11.4 Å². The highest BCUT2D eigenvalue weighted by Crippen LogP contribution is 2.48. The molecule has 0 amide bonds. The van der Waals surface area contributed by atoms with Crippen LogP contribution in [0.15, 0.2) is 82.6 Å². The highest BCUT2D eigenvalue weighted by atomic mass is 35.5. The van der Waals surface area contributed by atoms with Gasteiger partial charge in [-0.15, -0.1) is 0 Å². The van der Waals surface area contributed by atoms with Gasteiger partial charge in [-0.05, 0) is 60.5 Å². The van der Waals surface area contributed by atoms with Gasteiger partial charge in [0, 0.05) is 26.9 Å². The van der Waals surface area contributed by atoms with E-state index in [0.717, 1.165) is 29.8 Å². The van der Waals surface area contributed by atoms with Crippen molar-refractivity contribution in [2.45, 2.75) is 80.9 Å². The van der Waals surface area contributed by atoms with Crippen molar-refractivity contribution in [3.8, 4) is 0 Å². The molecule has 0 bridgehead atoms. The fourth-order valence-electron chi connectivity index (χ4n) is 4.82. The van der Waals surface area contributed by atoms with Crippen molar-refractivity contribution in [1.29, 1.82) is 0 Å². The molecule has 0 aliphatic carbocycles. The highest BCUT2D eigenvalue weighted by molar-refractivity contribution is 7.99. The monoisotopic (exact) mass is 531 g/mol. The minimum Gasteiger partial charge on any atom is -0.340 e. The lowest BCUT2D eigenvalue weighted by Crippen LogP contribution is -2.22. The molecule has 4 heteroatoms. The molecular weight excluding hydrogens is 494 g/mol. The van der Waals surface area contributed by atoms with Gasteiger partial charge in [-0.2, -0.15) is 0 Å². The second-order valence-corrected chi connectivity index (χ2v) is 11.4. The van der Waals surface area contributed by atoms with E-state index in [1.165, 1.54) is 73.3 Å². The molecule has 0 N–H and O–H groups in total. The first kappa shape index (κ1) is 27.5. The average molecular weight is 532 g/mol. The molecule has 2 nitrogen and oxygen atoms in total. The van der Waals surface area contributed by atoms with Crippen LogP contribution in [0.5, 0.6) is 0 Å². The molecular formula is C33H38ClNOS. The van der Waals surface area contributed by atoms with Gasteiger partial charge in [-0.1, -0.05) is 118 Å². The van der Waals surface area contributed by atoms with Crippen molar-refractivity contribution in [2.75, 3.05) is 11.4 Å². The molecule has 1 heterocycles. The van der Waals surface area contributed by atoms with Crippen molar-refractivity contribution >= 4 is 46.6 Å². The third-order valence-corrected chi connectivity index (χ3v) is 8.32. The maximum atomic E-state index is 13.0. The van der Waals surface area contributed by atoms with Gasteiger partial charge in [0.25, 0.3) is 0 Å². The van der Waals surface area contributed by atoms with E-state index in [4.69, 9.17) is 11.6 Å². The molecule has 3 aromatic carbocycles. The number of carbonyl (C=O) groups is 1. The Morgan fingerprint density at radius 2 is 1.43 bits per heavy atom. The summed E-state index contributed by atoms with van der Waals surface area (Å²) in [5, 5.41) is 0.693. The van der Waals surface area contributed by atoms with E-state index in [-0.39, 0.29) is 5.78 Å².